The summed E-state index contributed by atoms with van der Waals surface area (Å²) in [5, 5.41) is 17.6. The van der Waals surface area contributed by atoms with E-state index in [-0.39, 0.29) is 18.9 Å². The van der Waals surface area contributed by atoms with E-state index in [9.17, 15) is 24.3 Å². The number of hydrogen-bond acceptors (Lipinski definition) is 10. The number of aliphatic hydroxyl groups is 1. The molecule has 0 aromatic heterocycles. The summed E-state index contributed by atoms with van der Waals surface area (Å²) in [5.74, 6) is -1.13. The van der Waals surface area contributed by atoms with Crippen molar-refractivity contribution in [2.24, 2.45) is 4.99 Å². The second-order valence-corrected chi connectivity index (χ2v) is 12.6. The van der Waals surface area contributed by atoms with Crippen LogP contribution in [-0.2, 0) is 23.7 Å². The molecule has 0 heterocycles. The summed E-state index contributed by atoms with van der Waals surface area (Å²) < 4.78 is 20.9. The van der Waals surface area contributed by atoms with Gasteiger partial charge >= 0.3 is 24.2 Å². The van der Waals surface area contributed by atoms with Crippen LogP contribution in [0.5, 0.6) is 0 Å². The summed E-state index contributed by atoms with van der Waals surface area (Å²) in [5.41, 5.74) is -3.32. The zero-order chi connectivity index (χ0) is 30.1. The molecule has 0 rings (SSSR count). The number of nitrogens with zero attached hydrogens (tertiary/aromatic N) is 1. The Morgan fingerprint density at radius 3 is 1.39 bits per heavy atom. The van der Waals surface area contributed by atoms with Gasteiger partial charge in [-0.3, -0.25) is 10.6 Å². The van der Waals surface area contributed by atoms with E-state index in [1.165, 1.54) is 0 Å². The molecule has 2 atom stereocenters. The maximum atomic E-state index is 12.7. The van der Waals surface area contributed by atoms with Gasteiger partial charge in [0.2, 0.25) is 5.96 Å². The molecule has 0 unspecified atom stereocenters. The van der Waals surface area contributed by atoms with Crippen molar-refractivity contribution in [3.63, 3.8) is 0 Å². The summed E-state index contributed by atoms with van der Waals surface area (Å²) in [4.78, 5) is 53.5. The topological polar surface area (TPSA) is 174 Å². The van der Waals surface area contributed by atoms with Crippen molar-refractivity contribution in [1.29, 1.82) is 0 Å². The molecule has 0 aliphatic rings. The van der Waals surface area contributed by atoms with Crippen molar-refractivity contribution >= 4 is 30.2 Å². The van der Waals surface area contributed by atoms with Crippen LogP contribution in [-0.4, -0.2) is 76.4 Å². The molecular formula is C25H46N4O9. The van der Waals surface area contributed by atoms with Gasteiger partial charge in [0, 0.05) is 6.42 Å². The average molecular weight is 547 g/mol. The van der Waals surface area contributed by atoms with Gasteiger partial charge in [-0.1, -0.05) is 0 Å². The van der Waals surface area contributed by atoms with Crippen molar-refractivity contribution in [2.75, 3.05) is 6.54 Å². The number of ether oxygens (including phenoxy) is 4. The van der Waals surface area contributed by atoms with Gasteiger partial charge in [-0.15, -0.1) is 0 Å². The second-order valence-electron chi connectivity index (χ2n) is 12.6. The van der Waals surface area contributed by atoms with Crippen LogP contribution < -0.4 is 16.0 Å². The molecule has 13 nitrogen and oxygen atoms in total. The van der Waals surface area contributed by atoms with Gasteiger partial charge in [-0.25, -0.2) is 24.2 Å². The highest BCUT2D eigenvalue weighted by Gasteiger charge is 2.31. The molecule has 0 saturated carbocycles. The number of carbonyl (C=O) groups is 4. The van der Waals surface area contributed by atoms with Gasteiger partial charge in [-0.2, -0.15) is 0 Å². The third-order valence-electron chi connectivity index (χ3n) is 3.59. The van der Waals surface area contributed by atoms with Crippen LogP contribution in [0.1, 0.15) is 89.5 Å². The van der Waals surface area contributed by atoms with Crippen molar-refractivity contribution in [3.8, 4) is 0 Å². The first-order chi connectivity index (χ1) is 16.8. The predicted molar refractivity (Wildman–Crippen MR) is 141 cm³/mol. The van der Waals surface area contributed by atoms with Crippen molar-refractivity contribution in [2.45, 2.75) is 124 Å². The first-order valence-corrected chi connectivity index (χ1v) is 12.3. The molecule has 220 valence electrons. The Hall–Kier alpha value is -3.09. The van der Waals surface area contributed by atoms with E-state index in [1.54, 1.807) is 83.1 Å². The normalized spacial score (nSPS) is 13.8. The SMILES string of the molecule is CC(C)(C)OC(=O)NC(=NC[C@H](O)C[C@H](NC(=O)OC(C)(C)C)C(=O)OC(C)(C)C)NC(=O)OC(C)(C)C. The van der Waals surface area contributed by atoms with E-state index in [4.69, 9.17) is 18.9 Å². The first-order valence-electron chi connectivity index (χ1n) is 12.3. The van der Waals surface area contributed by atoms with Crippen LogP contribution in [0.3, 0.4) is 0 Å². The summed E-state index contributed by atoms with van der Waals surface area (Å²) in [6.07, 6.45) is -4.29. The monoisotopic (exact) mass is 546 g/mol. The van der Waals surface area contributed by atoms with E-state index in [0.717, 1.165) is 0 Å². The van der Waals surface area contributed by atoms with Crippen molar-refractivity contribution in [3.05, 3.63) is 0 Å². The van der Waals surface area contributed by atoms with Crippen LogP contribution in [0.2, 0.25) is 0 Å². The van der Waals surface area contributed by atoms with Gasteiger partial charge < -0.3 is 29.4 Å². The highest BCUT2D eigenvalue weighted by atomic mass is 16.6. The highest BCUT2D eigenvalue weighted by molar-refractivity contribution is 6.01. The molecule has 0 aromatic rings. The smallest absolute Gasteiger partial charge is 0.414 e. The number of alkyl carbamates (subject to hydrolysis) is 3. The van der Waals surface area contributed by atoms with Crippen molar-refractivity contribution in [1.82, 2.24) is 16.0 Å². The molecule has 0 fully saturated rings. The average Bonchev–Trinajstić information content (AvgIpc) is 2.59. The van der Waals surface area contributed by atoms with Gasteiger partial charge in [0.15, 0.2) is 0 Å². The fourth-order valence-corrected chi connectivity index (χ4v) is 2.49. The molecule has 0 bridgehead atoms. The number of aliphatic hydroxyl groups excluding tert-OH is 1. The number of amides is 3. The van der Waals surface area contributed by atoms with Gasteiger partial charge in [-0.05, 0) is 83.1 Å². The van der Waals surface area contributed by atoms with Gasteiger partial charge in [0.1, 0.15) is 28.4 Å². The molecular weight excluding hydrogens is 500 g/mol. The van der Waals surface area contributed by atoms with E-state index < -0.39 is 58.8 Å². The fraction of sp³-hybridized carbons (Fsp3) is 0.800. The molecule has 0 aromatic carbocycles. The lowest BCUT2D eigenvalue weighted by atomic mass is 10.1. The standard InChI is InChI=1S/C25H46N4O9/c1-22(2,3)35-17(31)16(27-19(32)36-23(4,5)6)13-15(30)14-26-18(28-20(33)37-24(7,8)9)29-21(34)38-25(10,11)12/h15-16,30H,13-14H2,1-12H3,(H,27,32)(H2,26,28,29,33,34)/t15-,16+/m1/s1. The minimum Gasteiger partial charge on any atom is -0.458 e. The number of carbonyl (C=O) groups excluding carboxylic acids is 4. The molecule has 0 spiro atoms. The lowest BCUT2D eigenvalue weighted by molar-refractivity contribution is -0.158. The predicted octanol–water partition coefficient (Wildman–Crippen LogP) is 3.38. The number of rotatable bonds is 6. The molecule has 4 N–H and O–H groups in total. The van der Waals surface area contributed by atoms with Crippen LogP contribution in [0.25, 0.3) is 0 Å². The summed E-state index contributed by atoms with van der Waals surface area (Å²) in [6.45, 7) is 19.5. The molecule has 0 aliphatic carbocycles. The maximum absolute atomic E-state index is 12.7. The Balaban J connectivity index is 5.67. The van der Waals surface area contributed by atoms with Gasteiger partial charge in [0.05, 0.1) is 12.6 Å². The molecule has 38 heavy (non-hydrogen) atoms. The highest BCUT2D eigenvalue weighted by Crippen LogP contribution is 2.13. The van der Waals surface area contributed by atoms with Crippen molar-refractivity contribution < 1.29 is 43.2 Å². The lowest BCUT2D eigenvalue weighted by Gasteiger charge is -2.27. The Kier molecular flexibility index (Phi) is 12.5. The minimum absolute atomic E-state index is 0.302. The zero-order valence-corrected chi connectivity index (χ0v) is 24.7. The number of esters is 1. The zero-order valence-electron chi connectivity index (χ0n) is 24.7. The molecule has 13 heteroatoms. The summed E-state index contributed by atoms with van der Waals surface area (Å²) >= 11 is 0. The number of guanidine groups is 1. The van der Waals surface area contributed by atoms with Crippen LogP contribution in [0.15, 0.2) is 4.99 Å². The third-order valence-corrected chi connectivity index (χ3v) is 3.59. The van der Waals surface area contributed by atoms with E-state index >= 15 is 0 Å². The van der Waals surface area contributed by atoms with Crippen LogP contribution >= 0.6 is 0 Å². The van der Waals surface area contributed by atoms with E-state index in [1.807, 2.05) is 0 Å². The largest absolute Gasteiger partial charge is 0.458 e. The third kappa shape index (κ3) is 19.1. The quantitative estimate of drug-likeness (QED) is 0.168. The molecule has 0 aliphatic heterocycles. The lowest BCUT2D eigenvalue weighted by Crippen LogP contribution is -2.48. The Bertz CT molecular complexity index is 828. The Morgan fingerprint density at radius 2 is 1.03 bits per heavy atom. The first kappa shape index (κ1) is 34.9. The number of nitrogens with one attached hydrogen (secondary N) is 3. The number of aliphatic imine (C=N–C) groups is 1. The molecule has 0 radical (unpaired) electrons. The van der Waals surface area contributed by atoms with Gasteiger partial charge in [0.25, 0.3) is 0 Å². The Morgan fingerprint density at radius 1 is 0.658 bits per heavy atom. The summed E-state index contributed by atoms with van der Waals surface area (Å²) in [6, 6.07) is -1.27. The second kappa shape index (κ2) is 13.6. The molecule has 0 saturated heterocycles. The number of hydrogen-bond donors (Lipinski definition) is 4. The molecule has 3 amide bonds. The maximum Gasteiger partial charge on any atom is 0.414 e. The Labute approximate surface area is 225 Å². The minimum atomic E-state index is -1.31. The van der Waals surface area contributed by atoms with E-state index in [2.05, 4.69) is 20.9 Å². The fourth-order valence-electron chi connectivity index (χ4n) is 2.49. The summed E-state index contributed by atoms with van der Waals surface area (Å²) in [7, 11) is 0. The van der Waals surface area contributed by atoms with Crippen LogP contribution in [0, 0.1) is 0 Å². The van der Waals surface area contributed by atoms with Crippen LogP contribution in [0.4, 0.5) is 14.4 Å². The van der Waals surface area contributed by atoms with E-state index in [0.29, 0.717) is 0 Å².